The molecule has 2 aromatic rings. The van der Waals surface area contributed by atoms with E-state index in [9.17, 15) is 13.2 Å². The van der Waals surface area contributed by atoms with Crippen molar-refractivity contribution in [2.75, 3.05) is 23.2 Å². The van der Waals surface area contributed by atoms with Crippen LogP contribution in [0.4, 0.5) is 11.4 Å². The molecule has 1 fully saturated rings. The molecule has 0 aromatic heterocycles. The molecule has 1 heterocycles. The Hall–Kier alpha value is -2.13. The Labute approximate surface area is 165 Å². The van der Waals surface area contributed by atoms with Crippen LogP contribution in [0.15, 0.2) is 59.5 Å². The van der Waals surface area contributed by atoms with E-state index in [4.69, 9.17) is 4.74 Å². The van der Waals surface area contributed by atoms with Crippen molar-refractivity contribution in [3.05, 3.63) is 54.6 Å². The molecule has 1 amide bonds. The zero-order valence-electron chi connectivity index (χ0n) is 14.7. The van der Waals surface area contributed by atoms with E-state index >= 15 is 0 Å². The Morgan fingerprint density at radius 2 is 1.81 bits per heavy atom. The van der Waals surface area contributed by atoms with E-state index in [2.05, 4.69) is 15.4 Å². The first kappa shape index (κ1) is 21.2. The van der Waals surface area contributed by atoms with Crippen LogP contribution in [0, 0.1) is 0 Å². The summed E-state index contributed by atoms with van der Waals surface area (Å²) in [6.45, 7) is 3.02. The molecule has 0 radical (unpaired) electrons. The second-order valence-corrected chi connectivity index (χ2v) is 7.68. The average molecular weight is 412 g/mol. The molecule has 0 bridgehead atoms. The number of carbonyl (C=O) groups excluding carboxylic acids is 1. The van der Waals surface area contributed by atoms with Crippen molar-refractivity contribution in [2.45, 2.75) is 24.0 Å². The van der Waals surface area contributed by atoms with E-state index in [-0.39, 0.29) is 29.3 Å². The number of halogens is 1. The lowest BCUT2D eigenvalue weighted by Gasteiger charge is -2.29. The molecule has 1 saturated heterocycles. The Morgan fingerprint density at radius 3 is 2.52 bits per heavy atom. The zero-order chi connectivity index (χ0) is 18.6. The van der Waals surface area contributed by atoms with E-state index < -0.39 is 16.1 Å². The van der Waals surface area contributed by atoms with Gasteiger partial charge in [0, 0.05) is 12.2 Å². The molecule has 9 heteroatoms. The summed E-state index contributed by atoms with van der Waals surface area (Å²) in [4.78, 5) is 12.6. The fourth-order valence-electron chi connectivity index (χ4n) is 2.72. The second kappa shape index (κ2) is 9.18. The maximum atomic E-state index is 12.4. The summed E-state index contributed by atoms with van der Waals surface area (Å²) >= 11 is 0. The maximum absolute atomic E-state index is 12.4. The van der Waals surface area contributed by atoms with Gasteiger partial charge in [0.15, 0.2) is 0 Å². The van der Waals surface area contributed by atoms with Gasteiger partial charge in [0.25, 0.3) is 10.0 Å². The van der Waals surface area contributed by atoms with Gasteiger partial charge in [0.05, 0.1) is 23.3 Å². The molecule has 3 N–H and O–H groups in total. The van der Waals surface area contributed by atoms with Crippen molar-refractivity contribution >= 4 is 39.7 Å². The third-order valence-corrected chi connectivity index (χ3v) is 5.43. The molecule has 1 aliphatic rings. The highest BCUT2D eigenvalue weighted by molar-refractivity contribution is 7.92. The highest BCUT2D eigenvalue weighted by Gasteiger charge is 2.28. The van der Waals surface area contributed by atoms with Crippen LogP contribution in [0.5, 0.6) is 0 Å². The van der Waals surface area contributed by atoms with Crippen LogP contribution in [0.1, 0.15) is 6.92 Å². The number of sulfonamides is 1. The lowest BCUT2D eigenvalue weighted by molar-refractivity contribution is -0.123. The van der Waals surface area contributed by atoms with Gasteiger partial charge >= 0.3 is 0 Å². The molecular weight excluding hydrogens is 390 g/mol. The lowest BCUT2D eigenvalue weighted by atomic mass is 10.1. The van der Waals surface area contributed by atoms with Crippen molar-refractivity contribution in [3.63, 3.8) is 0 Å². The first-order valence-electron chi connectivity index (χ1n) is 8.29. The Balaban J connectivity index is 0.00000261. The average Bonchev–Trinajstić information content (AvgIpc) is 2.63. The van der Waals surface area contributed by atoms with Crippen LogP contribution in [0.2, 0.25) is 0 Å². The molecule has 2 aromatic carbocycles. The summed E-state index contributed by atoms with van der Waals surface area (Å²) in [5.74, 6) is -0.222. The van der Waals surface area contributed by atoms with Gasteiger partial charge in [-0.1, -0.05) is 24.3 Å². The topological polar surface area (TPSA) is 96.5 Å². The normalized spacial score (nSPS) is 19.6. The quantitative estimate of drug-likeness (QED) is 0.701. The molecule has 27 heavy (non-hydrogen) atoms. The van der Waals surface area contributed by atoms with Gasteiger partial charge < -0.3 is 15.4 Å². The number of benzene rings is 2. The number of morpholine rings is 1. The number of anilines is 2. The number of amides is 1. The summed E-state index contributed by atoms with van der Waals surface area (Å²) in [7, 11) is -3.68. The molecule has 7 nitrogen and oxygen atoms in total. The fourth-order valence-corrected chi connectivity index (χ4v) is 3.79. The number of hydrogen-bond donors (Lipinski definition) is 3. The van der Waals surface area contributed by atoms with Crippen LogP contribution in [-0.4, -0.2) is 39.6 Å². The predicted molar refractivity (Wildman–Crippen MR) is 107 cm³/mol. The Kier molecular flexibility index (Phi) is 7.20. The first-order chi connectivity index (χ1) is 12.5. The second-order valence-electron chi connectivity index (χ2n) is 6.00. The molecule has 0 saturated carbocycles. The highest BCUT2D eigenvalue weighted by atomic mass is 35.5. The third-order valence-electron chi connectivity index (χ3n) is 4.03. The number of ether oxygens (including phenoxy) is 1. The van der Waals surface area contributed by atoms with Crippen molar-refractivity contribution in [2.24, 2.45) is 0 Å². The van der Waals surface area contributed by atoms with Gasteiger partial charge in [-0.25, -0.2) is 8.42 Å². The van der Waals surface area contributed by atoms with Gasteiger partial charge in [-0.3, -0.25) is 9.52 Å². The first-order valence-corrected chi connectivity index (χ1v) is 9.78. The Morgan fingerprint density at radius 1 is 1.11 bits per heavy atom. The van der Waals surface area contributed by atoms with Gasteiger partial charge in [-0.05, 0) is 37.3 Å². The highest BCUT2D eigenvalue weighted by Crippen LogP contribution is 2.20. The van der Waals surface area contributed by atoms with Crippen LogP contribution in [-0.2, 0) is 19.6 Å². The van der Waals surface area contributed by atoms with Gasteiger partial charge in [0.2, 0.25) is 5.91 Å². The van der Waals surface area contributed by atoms with Crippen molar-refractivity contribution in [1.29, 1.82) is 0 Å². The van der Waals surface area contributed by atoms with E-state index in [0.717, 1.165) is 0 Å². The number of nitrogens with one attached hydrogen (secondary N) is 3. The molecule has 0 spiro atoms. The number of rotatable bonds is 5. The SMILES string of the molecule is C[C@H]1OCCN[C@@H]1C(=O)Nc1cccc(NS(=O)(=O)c2ccccc2)c1.Cl. The fraction of sp³-hybridized carbons (Fsp3) is 0.278. The predicted octanol–water partition coefficient (Wildman–Crippen LogP) is 2.22. The van der Waals surface area contributed by atoms with E-state index in [0.29, 0.717) is 24.5 Å². The summed E-state index contributed by atoms with van der Waals surface area (Å²) in [5, 5.41) is 5.91. The minimum Gasteiger partial charge on any atom is -0.375 e. The van der Waals surface area contributed by atoms with Crippen LogP contribution in [0.3, 0.4) is 0 Å². The summed E-state index contributed by atoms with van der Waals surface area (Å²) in [6, 6.07) is 14.2. The van der Waals surface area contributed by atoms with Crippen molar-refractivity contribution in [1.82, 2.24) is 5.32 Å². The van der Waals surface area contributed by atoms with E-state index in [1.165, 1.54) is 12.1 Å². The third kappa shape index (κ3) is 5.43. The van der Waals surface area contributed by atoms with Crippen LogP contribution >= 0.6 is 12.4 Å². The number of hydrogen-bond acceptors (Lipinski definition) is 5. The molecular formula is C18H22ClN3O4S. The number of carbonyl (C=O) groups is 1. The van der Waals surface area contributed by atoms with Crippen molar-refractivity contribution in [3.8, 4) is 0 Å². The summed E-state index contributed by atoms with van der Waals surface area (Å²) in [6.07, 6.45) is -0.233. The van der Waals surface area contributed by atoms with Crippen LogP contribution < -0.4 is 15.4 Å². The van der Waals surface area contributed by atoms with E-state index in [1.807, 2.05) is 6.92 Å². The molecule has 0 aliphatic carbocycles. The van der Waals surface area contributed by atoms with Gasteiger partial charge in [-0.2, -0.15) is 0 Å². The lowest BCUT2D eigenvalue weighted by Crippen LogP contribution is -2.53. The van der Waals surface area contributed by atoms with Gasteiger partial charge in [0.1, 0.15) is 6.04 Å². The standard InChI is InChI=1S/C18H21N3O4S.ClH/c1-13-17(19-10-11-25-13)18(22)20-14-6-5-7-15(12-14)21-26(23,24)16-8-3-2-4-9-16;/h2-9,12-13,17,19,21H,10-11H2,1H3,(H,20,22);1H/t13-,17+;/m1./s1. The minimum absolute atomic E-state index is 0. The Bertz CT molecular complexity index is 877. The molecule has 2 atom stereocenters. The monoisotopic (exact) mass is 411 g/mol. The minimum atomic E-state index is -3.68. The molecule has 3 rings (SSSR count). The molecule has 146 valence electrons. The summed E-state index contributed by atoms with van der Waals surface area (Å²) < 4.78 is 32.8. The molecule has 0 unspecified atom stereocenters. The summed E-state index contributed by atoms with van der Waals surface area (Å²) in [5.41, 5.74) is 0.871. The van der Waals surface area contributed by atoms with Gasteiger partial charge in [-0.15, -0.1) is 12.4 Å². The van der Waals surface area contributed by atoms with Crippen LogP contribution in [0.25, 0.3) is 0 Å². The maximum Gasteiger partial charge on any atom is 0.261 e. The molecule has 1 aliphatic heterocycles. The smallest absolute Gasteiger partial charge is 0.261 e. The van der Waals surface area contributed by atoms with E-state index in [1.54, 1.807) is 42.5 Å². The van der Waals surface area contributed by atoms with Crippen molar-refractivity contribution < 1.29 is 17.9 Å². The zero-order valence-corrected chi connectivity index (χ0v) is 16.3. The largest absolute Gasteiger partial charge is 0.375 e.